The molecule has 3 N–H and O–H groups in total. The first-order valence-electron chi connectivity index (χ1n) is 6.70. The molecule has 100 valence electrons. The molecule has 18 heavy (non-hydrogen) atoms. The first kappa shape index (κ1) is 14.7. The van der Waals surface area contributed by atoms with Gasteiger partial charge in [-0.2, -0.15) is 0 Å². The van der Waals surface area contributed by atoms with E-state index in [9.17, 15) is 4.79 Å². The quantitative estimate of drug-likeness (QED) is 0.777. The molecule has 1 aromatic rings. The van der Waals surface area contributed by atoms with Gasteiger partial charge in [0.25, 0.3) is 0 Å². The summed E-state index contributed by atoms with van der Waals surface area (Å²) in [4.78, 5) is 11.6. The summed E-state index contributed by atoms with van der Waals surface area (Å²) in [7, 11) is 0. The molecule has 1 unspecified atom stereocenters. The van der Waals surface area contributed by atoms with Gasteiger partial charge < -0.3 is 11.1 Å². The van der Waals surface area contributed by atoms with Crippen molar-refractivity contribution in [2.75, 3.05) is 6.54 Å². The normalized spacial score (nSPS) is 12.2. The van der Waals surface area contributed by atoms with E-state index in [0.29, 0.717) is 25.4 Å². The summed E-state index contributed by atoms with van der Waals surface area (Å²) in [5, 5.41) is 2.94. The van der Waals surface area contributed by atoms with Crippen LogP contribution in [0.3, 0.4) is 0 Å². The second-order valence-corrected chi connectivity index (χ2v) is 4.83. The van der Waals surface area contributed by atoms with Gasteiger partial charge in [-0.15, -0.1) is 0 Å². The Labute approximate surface area is 110 Å². The van der Waals surface area contributed by atoms with Crippen molar-refractivity contribution in [3.05, 3.63) is 35.4 Å². The van der Waals surface area contributed by atoms with Gasteiger partial charge in [0.15, 0.2) is 0 Å². The minimum Gasteiger partial charge on any atom is -0.352 e. The predicted molar refractivity (Wildman–Crippen MR) is 75.1 cm³/mol. The Kier molecular flexibility index (Phi) is 6.44. The lowest BCUT2D eigenvalue weighted by molar-refractivity contribution is -0.121. The van der Waals surface area contributed by atoms with E-state index < -0.39 is 0 Å². The molecule has 1 aromatic carbocycles. The fraction of sp³-hybridized carbons (Fsp3) is 0.533. The molecule has 0 spiro atoms. The summed E-state index contributed by atoms with van der Waals surface area (Å²) < 4.78 is 0. The van der Waals surface area contributed by atoms with Crippen LogP contribution in [0.15, 0.2) is 24.3 Å². The number of hydrogen-bond donors (Lipinski definition) is 2. The van der Waals surface area contributed by atoms with Crippen LogP contribution in [0.4, 0.5) is 0 Å². The number of hydrogen-bond acceptors (Lipinski definition) is 2. The van der Waals surface area contributed by atoms with Crippen LogP contribution < -0.4 is 11.1 Å². The number of aryl methyl sites for hydroxylation is 1. The van der Waals surface area contributed by atoms with Crippen molar-refractivity contribution in [1.29, 1.82) is 0 Å². The third-order valence-electron chi connectivity index (χ3n) is 3.19. The number of nitrogens with two attached hydrogens (primary N) is 1. The smallest absolute Gasteiger partial charge is 0.220 e. The van der Waals surface area contributed by atoms with Crippen molar-refractivity contribution < 1.29 is 4.79 Å². The molecule has 0 radical (unpaired) electrons. The molecule has 3 heteroatoms. The molecule has 1 amide bonds. The zero-order chi connectivity index (χ0) is 13.4. The van der Waals surface area contributed by atoms with Gasteiger partial charge in [0.1, 0.15) is 0 Å². The van der Waals surface area contributed by atoms with Crippen LogP contribution in [0.5, 0.6) is 0 Å². The van der Waals surface area contributed by atoms with Gasteiger partial charge in [0.05, 0.1) is 0 Å². The van der Waals surface area contributed by atoms with Gasteiger partial charge in [0.2, 0.25) is 5.91 Å². The van der Waals surface area contributed by atoms with E-state index in [2.05, 4.69) is 43.4 Å². The molecule has 1 rings (SSSR count). The summed E-state index contributed by atoms with van der Waals surface area (Å²) >= 11 is 0. The monoisotopic (exact) mass is 248 g/mol. The zero-order valence-corrected chi connectivity index (χ0v) is 11.4. The number of nitrogens with one attached hydrogen (secondary N) is 1. The lowest BCUT2D eigenvalue weighted by Crippen LogP contribution is -2.23. The highest BCUT2D eigenvalue weighted by molar-refractivity contribution is 5.75. The maximum absolute atomic E-state index is 11.6. The average molecular weight is 248 g/mol. The first-order valence-corrected chi connectivity index (χ1v) is 6.70. The van der Waals surface area contributed by atoms with Crippen molar-refractivity contribution in [3.8, 4) is 0 Å². The maximum atomic E-state index is 11.6. The molecule has 1 atom stereocenters. The lowest BCUT2D eigenvalue weighted by Gasteiger charge is -2.09. The van der Waals surface area contributed by atoms with Crippen LogP contribution in [0.1, 0.15) is 37.8 Å². The highest BCUT2D eigenvalue weighted by atomic mass is 16.1. The summed E-state index contributed by atoms with van der Waals surface area (Å²) in [6.45, 7) is 5.46. The van der Waals surface area contributed by atoms with Gasteiger partial charge in [-0.3, -0.25) is 4.79 Å². The number of benzene rings is 1. The Morgan fingerprint density at radius 1 is 1.28 bits per heavy atom. The number of carbonyl (C=O) groups is 1. The SMILES string of the molecule is CCc1ccc(CNC(=O)CCC(C)CN)cc1. The first-order chi connectivity index (χ1) is 8.65. The minimum absolute atomic E-state index is 0.106. The van der Waals surface area contributed by atoms with Crippen LogP contribution in [0.25, 0.3) is 0 Å². The second-order valence-electron chi connectivity index (χ2n) is 4.83. The molecule has 0 heterocycles. The fourth-order valence-corrected chi connectivity index (χ4v) is 1.68. The van der Waals surface area contributed by atoms with E-state index >= 15 is 0 Å². The van der Waals surface area contributed by atoms with Gasteiger partial charge in [-0.05, 0) is 36.4 Å². The molecular formula is C15H24N2O. The number of amides is 1. The topological polar surface area (TPSA) is 55.1 Å². The van der Waals surface area contributed by atoms with E-state index in [4.69, 9.17) is 5.73 Å². The molecule has 0 aliphatic heterocycles. The Bertz CT molecular complexity index is 359. The van der Waals surface area contributed by atoms with Gasteiger partial charge in [-0.1, -0.05) is 38.1 Å². The number of rotatable bonds is 7. The number of carbonyl (C=O) groups excluding carboxylic acids is 1. The van der Waals surface area contributed by atoms with E-state index in [0.717, 1.165) is 18.4 Å². The Hall–Kier alpha value is -1.35. The Morgan fingerprint density at radius 2 is 1.89 bits per heavy atom. The van der Waals surface area contributed by atoms with Crippen molar-refractivity contribution in [2.24, 2.45) is 11.7 Å². The highest BCUT2D eigenvalue weighted by Gasteiger charge is 2.05. The Balaban J connectivity index is 2.29. The molecule has 0 saturated carbocycles. The van der Waals surface area contributed by atoms with E-state index in [1.165, 1.54) is 5.56 Å². The van der Waals surface area contributed by atoms with Crippen LogP contribution in [-0.2, 0) is 17.8 Å². The van der Waals surface area contributed by atoms with Crippen LogP contribution in [0, 0.1) is 5.92 Å². The van der Waals surface area contributed by atoms with Gasteiger partial charge >= 0.3 is 0 Å². The third kappa shape index (κ3) is 5.32. The zero-order valence-electron chi connectivity index (χ0n) is 11.4. The molecule has 0 aromatic heterocycles. The third-order valence-corrected chi connectivity index (χ3v) is 3.19. The highest BCUT2D eigenvalue weighted by Crippen LogP contribution is 2.06. The minimum atomic E-state index is 0.106. The van der Waals surface area contributed by atoms with Crippen LogP contribution in [0.2, 0.25) is 0 Å². The fourth-order valence-electron chi connectivity index (χ4n) is 1.68. The van der Waals surface area contributed by atoms with Crippen molar-refractivity contribution in [1.82, 2.24) is 5.32 Å². The molecule has 0 bridgehead atoms. The van der Waals surface area contributed by atoms with Crippen molar-refractivity contribution >= 4 is 5.91 Å². The van der Waals surface area contributed by atoms with E-state index in [1.807, 2.05) is 0 Å². The molecule has 0 saturated heterocycles. The van der Waals surface area contributed by atoms with Crippen molar-refractivity contribution in [2.45, 2.75) is 39.7 Å². The van der Waals surface area contributed by atoms with Gasteiger partial charge in [-0.25, -0.2) is 0 Å². The van der Waals surface area contributed by atoms with Crippen molar-refractivity contribution in [3.63, 3.8) is 0 Å². The molecule has 0 aliphatic carbocycles. The van der Waals surface area contributed by atoms with Crippen LogP contribution >= 0.6 is 0 Å². The summed E-state index contributed by atoms with van der Waals surface area (Å²) in [6.07, 6.45) is 2.46. The summed E-state index contributed by atoms with van der Waals surface area (Å²) in [6, 6.07) is 8.36. The molecule has 0 fully saturated rings. The van der Waals surface area contributed by atoms with Crippen LogP contribution in [-0.4, -0.2) is 12.5 Å². The Morgan fingerprint density at radius 3 is 2.44 bits per heavy atom. The summed E-state index contributed by atoms with van der Waals surface area (Å²) in [5.41, 5.74) is 7.99. The lowest BCUT2D eigenvalue weighted by atomic mass is 10.1. The van der Waals surface area contributed by atoms with Gasteiger partial charge in [0, 0.05) is 13.0 Å². The molecule has 3 nitrogen and oxygen atoms in total. The maximum Gasteiger partial charge on any atom is 0.220 e. The molecule has 0 aliphatic rings. The standard InChI is InChI=1S/C15H24N2O/c1-3-13-5-7-14(8-6-13)11-17-15(18)9-4-12(2)10-16/h5-8,12H,3-4,9-11,16H2,1-2H3,(H,17,18). The molecular weight excluding hydrogens is 224 g/mol. The summed E-state index contributed by atoms with van der Waals surface area (Å²) in [5.74, 6) is 0.523. The average Bonchev–Trinajstić information content (AvgIpc) is 2.42. The second kappa shape index (κ2) is 7.88. The largest absolute Gasteiger partial charge is 0.352 e. The predicted octanol–water partition coefficient (Wildman–Crippen LogP) is 2.24. The van der Waals surface area contributed by atoms with E-state index in [-0.39, 0.29) is 5.91 Å². The van der Waals surface area contributed by atoms with E-state index in [1.54, 1.807) is 0 Å².